The van der Waals surface area contributed by atoms with Crippen LogP contribution in [0.15, 0.2) is 18.2 Å². The monoisotopic (exact) mass is 221 g/mol. The second-order valence-electron chi connectivity index (χ2n) is 4.37. The summed E-state index contributed by atoms with van der Waals surface area (Å²) < 4.78 is 13.0. The molecule has 0 unspecified atom stereocenters. The zero-order chi connectivity index (χ0) is 11.5. The summed E-state index contributed by atoms with van der Waals surface area (Å²) in [5, 5.41) is 0. The van der Waals surface area contributed by atoms with Crippen LogP contribution in [-0.4, -0.2) is 30.3 Å². The molecule has 1 aliphatic heterocycles. The van der Waals surface area contributed by atoms with Crippen LogP contribution in [0.5, 0.6) is 0 Å². The van der Waals surface area contributed by atoms with Gasteiger partial charge in [0.15, 0.2) is 5.78 Å². The summed E-state index contributed by atoms with van der Waals surface area (Å²) in [5.41, 5.74) is 1.15. The number of nitrogens with zero attached hydrogens (tertiary/aromatic N) is 1. The Labute approximate surface area is 95.1 Å². The van der Waals surface area contributed by atoms with E-state index in [4.69, 9.17) is 0 Å². The van der Waals surface area contributed by atoms with Crippen LogP contribution in [0.3, 0.4) is 0 Å². The van der Waals surface area contributed by atoms with Crippen LogP contribution in [0.1, 0.15) is 28.8 Å². The topological polar surface area (TPSA) is 20.3 Å². The number of benzene rings is 1. The van der Waals surface area contributed by atoms with Crippen LogP contribution in [0.2, 0.25) is 0 Å². The number of carbonyl (C=O) groups excluding carboxylic acids is 1. The van der Waals surface area contributed by atoms with Gasteiger partial charge in [-0.3, -0.25) is 9.69 Å². The molecule has 0 radical (unpaired) electrons. The molecular formula is C13H16FNO. The Morgan fingerprint density at radius 2 is 2.06 bits per heavy atom. The van der Waals surface area contributed by atoms with Gasteiger partial charge in [-0.15, -0.1) is 0 Å². The van der Waals surface area contributed by atoms with E-state index in [-0.39, 0.29) is 11.6 Å². The Hall–Kier alpha value is -1.22. The third-order valence-electron chi connectivity index (χ3n) is 3.05. The summed E-state index contributed by atoms with van der Waals surface area (Å²) in [6.45, 7) is 4.16. The van der Waals surface area contributed by atoms with Gasteiger partial charge in [-0.25, -0.2) is 4.39 Å². The molecule has 0 atom stereocenters. The van der Waals surface area contributed by atoms with E-state index in [1.54, 1.807) is 19.1 Å². The summed E-state index contributed by atoms with van der Waals surface area (Å²) in [6, 6.07) is 4.57. The minimum Gasteiger partial charge on any atom is -0.296 e. The first-order valence-corrected chi connectivity index (χ1v) is 5.68. The van der Waals surface area contributed by atoms with Gasteiger partial charge in [0.1, 0.15) is 5.82 Å². The quantitative estimate of drug-likeness (QED) is 0.730. The molecule has 0 aliphatic carbocycles. The number of likely N-dealkylation sites (tertiary alicyclic amines) is 1. The van der Waals surface area contributed by atoms with Crippen molar-refractivity contribution in [2.75, 3.05) is 19.6 Å². The summed E-state index contributed by atoms with van der Waals surface area (Å²) in [4.78, 5) is 14.1. The first kappa shape index (κ1) is 11.3. The Morgan fingerprint density at radius 3 is 2.69 bits per heavy atom. The van der Waals surface area contributed by atoms with Gasteiger partial charge in [0, 0.05) is 5.56 Å². The molecule has 2 rings (SSSR count). The molecule has 1 aromatic carbocycles. The average Bonchev–Trinajstić information content (AvgIpc) is 2.74. The molecule has 0 amide bonds. The molecule has 1 saturated heterocycles. The number of carbonyl (C=O) groups is 1. The molecular weight excluding hydrogens is 205 g/mol. The Kier molecular flexibility index (Phi) is 3.34. The number of Topliss-reactive ketones (excluding diaryl/α,β-unsaturated/α-hetero) is 1. The molecule has 16 heavy (non-hydrogen) atoms. The van der Waals surface area contributed by atoms with Gasteiger partial charge in [-0.05, 0) is 56.6 Å². The van der Waals surface area contributed by atoms with Crippen molar-refractivity contribution >= 4 is 5.78 Å². The predicted molar refractivity (Wildman–Crippen MR) is 61.1 cm³/mol. The zero-order valence-corrected chi connectivity index (χ0v) is 9.50. The maximum absolute atomic E-state index is 13.0. The Morgan fingerprint density at radius 1 is 1.38 bits per heavy atom. The molecule has 0 spiro atoms. The highest BCUT2D eigenvalue weighted by atomic mass is 19.1. The van der Waals surface area contributed by atoms with Gasteiger partial charge in [0.25, 0.3) is 0 Å². The van der Waals surface area contributed by atoms with Crippen LogP contribution in [0, 0.1) is 12.7 Å². The lowest BCUT2D eigenvalue weighted by atomic mass is 10.1. The lowest BCUT2D eigenvalue weighted by Gasteiger charge is -2.13. The number of halogens is 1. The molecule has 1 fully saturated rings. The summed E-state index contributed by atoms with van der Waals surface area (Å²) in [6.07, 6.45) is 2.35. The summed E-state index contributed by atoms with van der Waals surface area (Å²) in [7, 11) is 0. The van der Waals surface area contributed by atoms with E-state index >= 15 is 0 Å². The van der Waals surface area contributed by atoms with Crippen LogP contribution in [0.25, 0.3) is 0 Å². The molecule has 0 N–H and O–H groups in total. The van der Waals surface area contributed by atoms with Crippen molar-refractivity contribution < 1.29 is 9.18 Å². The lowest BCUT2D eigenvalue weighted by molar-refractivity contribution is 0.0945. The fourth-order valence-corrected chi connectivity index (χ4v) is 2.05. The largest absolute Gasteiger partial charge is 0.296 e. The van der Waals surface area contributed by atoms with Crippen molar-refractivity contribution in [2.45, 2.75) is 19.8 Å². The number of hydrogen-bond donors (Lipinski definition) is 0. The van der Waals surface area contributed by atoms with Gasteiger partial charge in [0.2, 0.25) is 0 Å². The number of rotatable bonds is 3. The smallest absolute Gasteiger partial charge is 0.176 e. The average molecular weight is 221 g/mol. The number of ketones is 1. The number of hydrogen-bond acceptors (Lipinski definition) is 2. The summed E-state index contributed by atoms with van der Waals surface area (Å²) >= 11 is 0. The fourth-order valence-electron chi connectivity index (χ4n) is 2.05. The molecule has 0 bridgehead atoms. The van der Waals surface area contributed by atoms with Crippen LogP contribution in [0.4, 0.5) is 4.39 Å². The van der Waals surface area contributed by atoms with Crippen molar-refractivity contribution in [1.29, 1.82) is 0 Å². The van der Waals surface area contributed by atoms with Crippen LogP contribution >= 0.6 is 0 Å². The first-order chi connectivity index (χ1) is 7.66. The molecule has 1 aromatic rings. The van der Waals surface area contributed by atoms with Crippen molar-refractivity contribution in [1.82, 2.24) is 4.90 Å². The molecule has 1 aliphatic rings. The van der Waals surface area contributed by atoms with Crippen LogP contribution in [-0.2, 0) is 0 Å². The summed E-state index contributed by atoms with van der Waals surface area (Å²) in [5.74, 6) is -0.164. The van der Waals surface area contributed by atoms with E-state index in [2.05, 4.69) is 4.90 Å². The van der Waals surface area contributed by atoms with Gasteiger partial charge in [-0.1, -0.05) is 0 Å². The standard InChI is InChI=1S/C13H16FNO/c1-10-8-11(4-5-12(10)14)13(16)9-15-6-2-3-7-15/h4-5,8H,2-3,6-7,9H2,1H3. The molecule has 0 aromatic heterocycles. The van der Waals surface area contributed by atoms with Crippen molar-refractivity contribution in [3.05, 3.63) is 35.1 Å². The minimum atomic E-state index is -0.252. The third-order valence-corrected chi connectivity index (χ3v) is 3.05. The maximum Gasteiger partial charge on any atom is 0.176 e. The predicted octanol–water partition coefficient (Wildman–Crippen LogP) is 2.41. The fraction of sp³-hybridized carbons (Fsp3) is 0.462. The molecule has 3 heteroatoms. The van der Waals surface area contributed by atoms with E-state index in [1.807, 2.05) is 0 Å². The minimum absolute atomic E-state index is 0.0880. The van der Waals surface area contributed by atoms with Crippen molar-refractivity contribution in [3.8, 4) is 0 Å². The van der Waals surface area contributed by atoms with Gasteiger partial charge < -0.3 is 0 Å². The number of aryl methyl sites for hydroxylation is 1. The van der Waals surface area contributed by atoms with E-state index in [9.17, 15) is 9.18 Å². The van der Waals surface area contributed by atoms with E-state index in [0.717, 1.165) is 13.1 Å². The lowest BCUT2D eigenvalue weighted by Crippen LogP contribution is -2.26. The highest BCUT2D eigenvalue weighted by molar-refractivity contribution is 5.97. The van der Waals surface area contributed by atoms with Gasteiger partial charge in [-0.2, -0.15) is 0 Å². The van der Waals surface area contributed by atoms with E-state index in [0.29, 0.717) is 17.7 Å². The highest BCUT2D eigenvalue weighted by Crippen LogP contribution is 2.12. The van der Waals surface area contributed by atoms with Gasteiger partial charge in [0.05, 0.1) is 6.54 Å². The SMILES string of the molecule is Cc1cc(C(=O)CN2CCCC2)ccc1F. The van der Waals surface area contributed by atoms with E-state index in [1.165, 1.54) is 18.9 Å². The molecule has 0 saturated carbocycles. The second-order valence-corrected chi connectivity index (χ2v) is 4.37. The van der Waals surface area contributed by atoms with Crippen molar-refractivity contribution in [3.63, 3.8) is 0 Å². The normalized spacial score (nSPS) is 16.6. The second kappa shape index (κ2) is 4.74. The van der Waals surface area contributed by atoms with Crippen LogP contribution < -0.4 is 0 Å². The zero-order valence-electron chi connectivity index (χ0n) is 9.50. The molecule has 1 heterocycles. The first-order valence-electron chi connectivity index (χ1n) is 5.68. The Balaban J connectivity index is 2.05. The molecule has 86 valence electrons. The molecule has 2 nitrogen and oxygen atoms in total. The Bertz CT molecular complexity index is 397. The van der Waals surface area contributed by atoms with E-state index < -0.39 is 0 Å². The third kappa shape index (κ3) is 2.47. The highest BCUT2D eigenvalue weighted by Gasteiger charge is 2.16. The van der Waals surface area contributed by atoms with Crippen molar-refractivity contribution in [2.24, 2.45) is 0 Å². The maximum atomic E-state index is 13.0. The van der Waals surface area contributed by atoms with Gasteiger partial charge >= 0.3 is 0 Å².